The monoisotopic (exact) mass is 416 g/mol. The predicted molar refractivity (Wildman–Crippen MR) is 109 cm³/mol. The Hall–Kier alpha value is -3.13. The summed E-state index contributed by atoms with van der Waals surface area (Å²) in [6.07, 6.45) is 1.25. The third-order valence-electron chi connectivity index (χ3n) is 4.77. The minimum atomic E-state index is -0.452. The standard InChI is InChI=1S/C20H21ClN4O4/c1-4-29-20(26)17-11-18(15-5-7-16(21)8-6-15)23(13(17)2)9-10-24-14(3)22-12-19(24)25(27)28/h5-8,11-12H,4,9-10H2,1-3H3. The topological polar surface area (TPSA) is 92.2 Å². The molecule has 3 rings (SSSR count). The van der Waals surface area contributed by atoms with Gasteiger partial charge in [-0.15, -0.1) is 0 Å². The third-order valence-corrected chi connectivity index (χ3v) is 5.02. The van der Waals surface area contributed by atoms with Crippen LogP contribution >= 0.6 is 11.6 Å². The number of imidazole rings is 1. The molecule has 0 saturated heterocycles. The van der Waals surface area contributed by atoms with E-state index >= 15 is 0 Å². The first-order valence-electron chi connectivity index (χ1n) is 9.13. The SMILES string of the molecule is CCOC(=O)c1cc(-c2ccc(Cl)cc2)n(CCn2c([N+](=O)[O-])cnc2C)c1C. The highest BCUT2D eigenvalue weighted by molar-refractivity contribution is 6.30. The van der Waals surface area contributed by atoms with Crippen LogP contribution in [0.1, 0.15) is 28.8 Å². The minimum Gasteiger partial charge on any atom is -0.462 e. The van der Waals surface area contributed by atoms with Gasteiger partial charge < -0.3 is 19.4 Å². The minimum absolute atomic E-state index is 0.0639. The maximum atomic E-state index is 12.4. The number of nitrogens with zero attached hydrogens (tertiary/aromatic N) is 4. The lowest BCUT2D eigenvalue weighted by atomic mass is 10.1. The summed E-state index contributed by atoms with van der Waals surface area (Å²) < 4.78 is 8.68. The summed E-state index contributed by atoms with van der Waals surface area (Å²) in [7, 11) is 0. The van der Waals surface area contributed by atoms with E-state index in [4.69, 9.17) is 16.3 Å². The Morgan fingerprint density at radius 3 is 2.48 bits per heavy atom. The van der Waals surface area contributed by atoms with Gasteiger partial charge in [0.1, 0.15) is 12.7 Å². The highest BCUT2D eigenvalue weighted by atomic mass is 35.5. The number of carbonyl (C=O) groups is 1. The number of aryl methyl sites for hydroxylation is 1. The lowest BCUT2D eigenvalue weighted by Gasteiger charge is -2.12. The molecule has 0 atom stereocenters. The average molecular weight is 417 g/mol. The Kier molecular flexibility index (Phi) is 6.03. The van der Waals surface area contributed by atoms with E-state index in [-0.39, 0.29) is 12.4 Å². The van der Waals surface area contributed by atoms with Gasteiger partial charge in [-0.3, -0.25) is 0 Å². The van der Waals surface area contributed by atoms with Crippen LogP contribution in [-0.2, 0) is 17.8 Å². The Bertz CT molecular complexity index is 1050. The molecule has 0 aliphatic rings. The van der Waals surface area contributed by atoms with Crippen molar-refractivity contribution in [2.45, 2.75) is 33.9 Å². The largest absolute Gasteiger partial charge is 0.462 e. The molecular formula is C20H21ClN4O4. The lowest BCUT2D eigenvalue weighted by molar-refractivity contribution is -0.392. The van der Waals surface area contributed by atoms with Crippen molar-refractivity contribution in [3.05, 3.63) is 68.7 Å². The number of aromatic nitrogens is 3. The smallest absolute Gasteiger partial charge is 0.342 e. The molecule has 8 nitrogen and oxygen atoms in total. The molecule has 152 valence electrons. The quantitative estimate of drug-likeness (QED) is 0.323. The number of halogens is 1. The van der Waals surface area contributed by atoms with Gasteiger partial charge in [-0.2, -0.15) is 0 Å². The van der Waals surface area contributed by atoms with Crippen LogP contribution in [-0.4, -0.2) is 31.6 Å². The number of carbonyl (C=O) groups excluding carboxylic acids is 1. The molecule has 0 aliphatic carbocycles. The van der Waals surface area contributed by atoms with E-state index in [2.05, 4.69) is 4.98 Å². The predicted octanol–water partition coefficient (Wildman–Crippen LogP) is 4.41. The van der Waals surface area contributed by atoms with Crippen LogP contribution in [0.5, 0.6) is 0 Å². The average Bonchev–Trinajstić information content (AvgIpc) is 3.21. The van der Waals surface area contributed by atoms with Gasteiger partial charge in [-0.05, 0) is 42.5 Å². The number of rotatable bonds is 7. The molecule has 2 heterocycles. The van der Waals surface area contributed by atoms with Crippen molar-refractivity contribution < 1.29 is 14.5 Å². The first kappa shape index (κ1) is 20.6. The lowest BCUT2D eigenvalue weighted by Crippen LogP contribution is -2.13. The summed E-state index contributed by atoms with van der Waals surface area (Å²) in [6, 6.07) is 9.07. The molecule has 0 saturated carbocycles. The Balaban J connectivity index is 2.02. The molecule has 0 aliphatic heterocycles. The number of esters is 1. The fourth-order valence-electron chi connectivity index (χ4n) is 3.29. The number of benzene rings is 1. The molecule has 0 amide bonds. The summed E-state index contributed by atoms with van der Waals surface area (Å²) in [5.41, 5.74) is 2.88. The van der Waals surface area contributed by atoms with Crippen LogP contribution in [0.3, 0.4) is 0 Å². The van der Waals surface area contributed by atoms with Gasteiger partial charge in [0.25, 0.3) is 0 Å². The third kappa shape index (κ3) is 4.17. The Morgan fingerprint density at radius 1 is 1.21 bits per heavy atom. The summed E-state index contributed by atoms with van der Waals surface area (Å²) in [4.78, 5) is 27.2. The second-order valence-corrected chi connectivity index (χ2v) is 6.92. The molecule has 0 bridgehead atoms. The first-order chi connectivity index (χ1) is 13.8. The summed E-state index contributed by atoms with van der Waals surface area (Å²) >= 11 is 6.01. The highest BCUT2D eigenvalue weighted by Gasteiger charge is 2.22. The second-order valence-electron chi connectivity index (χ2n) is 6.48. The maximum Gasteiger partial charge on any atom is 0.342 e. The van der Waals surface area contributed by atoms with Gasteiger partial charge in [0, 0.05) is 23.3 Å². The van der Waals surface area contributed by atoms with E-state index in [1.807, 2.05) is 23.6 Å². The van der Waals surface area contributed by atoms with Crippen molar-refractivity contribution in [3.63, 3.8) is 0 Å². The number of hydrogen-bond donors (Lipinski definition) is 0. The second kappa shape index (κ2) is 8.48. The molecule has 1 aromatic carbocycles. The normalized spacial score (nSPS) is 10.9. The van der Waals surface area contributed by atoms with E-state index in [0.717, 1.165) is 17.0 Å². The van der Waals surface area contributed by atoms with Crippen molar-refractivity contribution in [2.75, 3.05) is 6.61 Å². The van der Waals surface area contributed by atoms with Crippen LogP contribution in [0.15, 0.2) is 36.5 Å². The fourth-order valence-corrected chi connectivity index (χ4v) is 3.41. The van der Waals surface area contributed by atoms with Crippen molar-refractivity contribution in [1.29, 1.82) is 0 Å². The van der Waals surface area contributed by atoms with Crippen molar-refractivity contribution in [2.24, 2.45) is 0 Å². The van der Waals surface area contributed by atoms with Gasteiger partial charge >= 0.3 is 11.8 Å². The molecule has 9 heteroatoms. The first-order valence-corrected chi connectivity index (χ1v) is 9.51. The number of hydrogen-bond acceptors (Lipinski definition) is 5. The van der Waals surface area contributed by atoms with Gasteiger partial charge in [-0.1, -0.05) is 23.7 Å². The molecule has 2 aromatic heterocycles. The van der Waals surface area contributed by atoms with Crippen molar-refractivity contribution in [3.8, 4) is 11.3 Å². The van der Waals surface area contributed by atoms with Crippen LogP contribution in [0, 0.1) is 24.0 Å². The zero-order valence-electron chi connectivity index (χ0n) is 16.4. The van der Waals surface area contributed by atoms with Crippen LogP contribution < -0.4 is 0 Å². The molecule has 0 radical (unpaired) electrons. The number of ether oxygens (including phenoxy) is 1. The van der Waals surface area contributed by atoms with Crippen molar-refractivity contribution in [1.82, 2.24) is 14.1 Å². The highest BCUT2D eigenvalue weighted by Crippen LogP contribution is 2.28. The van der Waals surface area contributed by atoms with Gasteiger partial charge in [0.05, 0.1) is 18.7 Å². The van der Waals surface area contributed by atoms with Crippen molar-refractivity contribution >= 4 is 23.4 Å². The van der Waals surface area contributed by atoms with E-state index in [1.54, 1.807) is 36.6 Å². The Morgan fingerprint density at radius 2 is 1.86 bits per heavy atom. The molecular weight excluding hydrogens is 396 g/mol. The van der Waals surface area contributed by atoms with Gasteiger partial charge in [0.2, 0.25) is 0 Å². The fraction of sp³-hybridized carbons (Fsp3) is 0.300. The van der Waals surface area contributed by atoms with E-state index in [1.165, 1.54) is 6.20 Å². The van der Waals surface area contributed by atoms with E-state index < -0.39 is 10.9 Å². The molecule has 29 heavy (non-hydrogen) atoms. The maximum absolute atomic E-state index is 12.4. The molecule has 0 N–H and O–H groups in total. The molecule has 0 unspecified atom stereocenters. The summed E-state index contributed by atoms with van der Waals surface area (Å²) in [5.74, 6) is 0.0925. The van der Waals surface area contributed by atoms with Gasteiger partial charge in [0.15, 0.2) is 5.82 Å². The summed E-state index contributed by atoms with van der Waals surface area (Å²) in [5, 5.41) is 11.9. The van der Waals surface area contributed by atoms with Crippen LogP contribution in [0.25, 0.3) is 11.3 Å². The Labute approximate surface area is 172 Å². The van der Waals surface area contributed by atoms with E-state index in [0.29, 0.717) is 29.5 Å². The van der Waals surface area contributed by atoms with E-state index in [9.17, 15) is 14.9 Å². The molecule has 3 aromatic rings. The number of nitro groups is 1. The van der Waals surface area contributed by atoms with Gasteiger partial charge in [-0.25, -0.2) is 14.3 Å². The van der Waals surface area contributed by atoms with Crippen LogP contribution in [0.2, 0.25) is 5.02 Å². The zero-order chi connectivity index (χ0) is 21.1. The molecule has 0 spiro atoms. The summed E-state index contributed by atoms with van der Waals surface area (Å²) in [6.45, 7) is 6.34. The van der Waals surface area contributed by atoms with Crippen LogP contribution in [0.4, 0.5) is 5.82 Å². The zero-order valence-corrected chi connectivity index (χ0v) is 17.1. The molecule has 0 fully saturated rings.